The standard InChI is InChI=1S/C17H17NO3/c1-12-6-8-15(16(19)10-12)18-17(20)9-7-13-4-3-5-14(11-13)21-2/h3-11,19H,1-2H3,(H,18,20)/b9-7+. The molecule has 0 spiro atoms. The van der Waals surface area contributed by atoms with Crippen LogP contribution in [-0.2, 0) is 4.79 Å². The molecule has 0 aliphatic carbocycles. The van der Waals surface area contributed by atoms with Crippen LogP contribution in [0.4, 0.5) is 5.69 Å². The fraction of sp³-hybridized carbons (Fsp3) is 0.118. The van der Waals surface area contributed by atoms with E-state index >= 15 is 0 Å². The van der Waals surface area contributed by atoms with Crippen molar-refractivity contribution in [3.63, 3.8) is 0 Å². The average Bonchev–Trinajstić information content (AvgIpc) is 2.48. The molecule has 0 saturated carbocycles. The van der Waals surface area contributed by atoms with Gasteiger partial charge in [0.15, 0.2) is 0 Å². The number of methoxy groups -OCH3 is 1. The second kappa shape index (κ2) is 6.61. The van der Waals surface area contributed by atoms with E-state index in [1.165, 1.54) is 6.08 Å². The van der Waals surface area contributed by atoms with Gasteiger partial charge in [-0.1, -0.05) is 18.2 Å². The zero-order chi connectivity index (χ0) is 15.2. The summed E-state index contributed by atoms with van der Waals surface area (Å²) in [5, 5.41) is 12.4. The SMILES string of the molecule is COc1cccc(/C=C/C(=O)Nc2ccc(C)cc2O)c1. The number of phenols is 1. The molecule has 2 aromatic rings. The molecule has 108 valence electrons. The Hall–Kier alpha value is -2.75. The second-order valence-electron chi connectivity index (χ2n) is 4.62. The minimum absolute atomic E-state index is 0.0538. The molecule has 0 aliphatic heterocycles. The highest BCUT2D eigenvalue weighted by molar-refractivity contribution is 6.02. The lowest BCUT2D eigenvalue weighted by Crippen LogP contribution is -2.07. The Morgan fingerprint density at radius 1 is 1.24 bits per heavy atom. The van der Waals surface area contributed by atoms with Gasteiger partial charge < -0.3 is 15.2 Å². The van der Waals surface area contributed by atoms with Crippen LogP contribution < -0.4 is 10.1 Å². The van der Waals surface area contributed by atoms with Crippen molar-refractivity contribution < 1.29 is 14.6 Å². The first-order valence-corrected chi connectivity index (χ1v) is 6.51. The third kappa shape index (κ3) is 4.11. The van der Waals surface area contributed by atoms with Crippen LogP contribution in [0, 0.1) is 6.92 Å². The van der Waals surface area contributed by atoms with Gasteiger partial charge in [-0.2, -0.15) is 0 Å². The molecule has 4 nitrogen and oxygen atoms in total. The van der Waals surface area contributed by atoms with E-state index < -0.39 is 0 Å². The highest BCUT2D eigenvalue weighted by atomic mass is 16.5. The van der Waals surface area contributed by atoms with Crippen LogP contribution >= 0.6 is 0 Å². The number of rotatable bonds is 4. The number of aryl methyl sites for hydroxylation is 1. The van der Waals surface area contributed by atoms with Gasteiger partial charge in [0.1, 0.15) is 11.5 Å². The maximum absolute atomic E-state index is 11.8. The quantitative estimate of drug-likeness (QED) is 0.668. The van der Waals surface area contributed by atoms with Gasteiger partial charge in [-0.25, -0.2) is 0 Å². The average molecular weight is 283 g/mol. The first kappa shape index (κ1) is 14.7. The lowest BCUT2D eigenvalue weighted by Gasteiger charge is -2.05. The van der Waals surface area contributed by atoms with Crippen molar-refractivity contribution in [1.82, 2.24) is 0 Å². The molecule has 2 rings (SSSR count). The summed E-state index contributed by atoms with van der Waals surface area (Å²) in [6, 6.07) is 12.5. The predicted molar refractivity (Wildman–Crippen MR) is 83.5 cm³/mol. The zero-order valence-electron chi connectivity index (χ0n) is 12.0. The molecule has 21 heavy (non-hydrogen) atoms. The Labute approximate surface area is 123 Å². The first-order valence-electron chi connectivity index (χ1n) is 6.51. The maximum Gasteiger partial charge on any atom is 0.248 e. The Bertz CT molecular complexity index is 677. The number of phenolic OH excluding ortho intramolecular Hbond substituents is 1. The number of carbonyl (C=O) groups is 1. The van der Waals surface area contributed by atoms with E-state index in [9.17, 15) is 9.90 Å². The fourth-order valence-corrected chi connectivity index (χ4v) is 1.84. The lowest BCUT2D eigenvalue weighted by atomic mass is 10.2. The normalized spacial score (nSPS) is 10.6. The Morgan fingerprint density at radius 3 is 2.76 bits per heavy atom. The summed E-state index contributed by atoms with van der Waals surface area (Å²) in [4.78, 5) is 11.8. The summed E-state index contributed by atoms with van der Waals surface area (Å²) in [7, 11) is 1.59. The van der Waals surface area contributed by atoms with Crippen LogP contribution in [0.25, 0.3) is 6.08 Å². The highest BCUT2D eigenvalue weighted by Gasteiger charge is 2.03. The van der Waals surface area contributed by atoms with Crippen molar-refractivity contribution in [2.24, 2.45) is 0 Å². The summed E-state index contributed by atoms with van der Waals surface area (Å²) in [6.07, 6.45) is 3.09. The van der Waals surface area contributed by atoms with Crippen LogP contribution in [0.1, 0.15) is 11.1 Å². The van der Waals surface area contributed by atoms with E-state index in [2.05, 4.69) is 5.32 Å². The molecule has 0 radical (unpaired) electrons. The van der Waals surface area contributed by atoms with Crippen molar-refractivity contribution in [2.75, 3.05) is 12.4 Å². The van der Waals surface area contributed by atoms with E-state index in [-0.39, 0.29) is 11.7 Å². The number of anilines is 1. The van der Waals surface area contributed by atoms with E-state index in [1.54, 1.807) is 25.3 Å². The van der Waals surface area contributed by atoms with Crippen LogP contribution in [0.15, 0.2) is 48.5 Å². The summed E-state index contributed by atoms with van der Waals surface area (Å²) in [5.74, 6) is 0.476. The molecule has 0 unspecified atom stereocenters. The molecule has 0 bridgehead atoms. The smallest absolute Gasteiger partial charge is 0.248 e. The van der Waals surface area contributed by atoms with Gasteiger partial charge in [0.25, 0.3) is 0 Å². The van der Waals surface area contributed by atoms with Crippen LogP contribution in [0.2, 0.25) is 0 Å². The summed E-state index contributed by atoms with van der Waals surface area (Å²) in [5.41, 5.74) is 2.18. The largest absolute Gasteiger partial charge is 0.506 e. The number of amides is 1. The van der Waals surface area contributed by atoms with Gasteiger partial charge in [0.05, 0.1) is 12.8 Å². The molecule has 0 heterocycles. The molecular weight excluding hydrogens is 266 g/mol. The van der Waals surface area contributed by atoms with Crippen molar-refractivity contribution in [2.45, 2.75) is 6.92 Å². The van der Waals surface area contributed by atoms with Crippen molar-refractivity contribution >= 4 is 17.7 Å². The van der Waals surface area contributed by atoms with Gasteiger partial charge in [-0.3, -0.25) is 4.79 Å². The number of nitrogens with one attached hydrogen (secondary N) is 1. The van der Waals surface area contributed by atoms with E-state index in [1.807, 2.05) is 37.3 Å². The molecule has 0 aromatic heterocycles. The van der Waals surface area contributed by atoms with Gasteiger partial charge >= 0.3 is 0 Å². The highest BCUT2D eigenvalue weighted by Crippen LogP contribution is 2.23. The minimum atomic E-state index is -0.308. The number of ether oxygens (including phenoxy) is 1. The third-order valence-corrected chi connectivity index (χ3v) is 2.93. The predicted octanol–water partition coefficient (Wildman–Crippen LogP) is 3.36. The third-order valence-electron chi connectivity index (χ3n) is 2.93. The number of hydrogen-bond donors (Lipinski definition) is 2. The van der Waals surface area contributed by atoms with Crippen molar-refractivity contribution in [1.29, 1.82) is 0 Å². The van der Waals surface area contributed by atoms with Crippen LogP contribution in [0.3, 0.4) is 0 Å². The Balaban J connectivity index is 2.05. The monoisotopic (exact) mass is 283 g/mol. The Kier molecular flexibility index (Phi) is 4.61. The number of aromatic hydroxyl groups is 1. The van der Waals surface area contributed by atoms with E-state index in [0.717, 1.165) is 16.9 Å². The van der Waals surface area contributed by atoms with Gasteiger partial charge in [0, 0.05) is 6.08 Å². The van der Waals surface area contributed by atoms with E-state index in [4.69, 9.17) is 4.74 Å². The Morgan fingerprint density at radius 2 is 2.05 bits per heavy atom. The summed E-state index contributed by atoms with van der Waals surface area (Å²) < 4.78 is 5.12. The molecule has 2 aromatic carbocycles. The molecule has 0 aliphatic rings. The van der Waals surface area contributed by atoms with Gasteiger partial charge in [0.2, 0.25) is 5.91 Å². The maximum atomic E-state index is 11.8. The van der Waals surface area contributed by atoms with Gasteiger partial charge in [-0.05, 0) is 48.4 Å². The molecule has 0 fully saturated rings. The molecule has 0 saturated heterocycles. The van der Waals surface area contributed by atoms with Crippen LogP contribution in [-0.4, -0.2) is 18.1 Å². The van der Waals surface area contributed by atoms with E-state index in [0.29, 0.717) is 5.69 Å². The number of hydrogen-bond acceptors (Lipinski definition) is 3. The molecule has 0 atom stereocenters. The lowest BCUT2D eigenvalue weighted by molar-refractivity contribution is -0.111. The fourth-order valence-electron chi connectivity index (χ4n) is 1.84. The molecule has 4 heteroatoms. The van der Waals surface area contributed by atoms with Crippen molar-refractivity contribution in [3.05, 3.63) is 59.7 Å². The zero-order valence-corrected chi connectivity index (χ0v) is 12.0. The van der Waals surface area contributed by atoms with Crippen LogP contribution in [0.5, 0.6) is 11.5 Å². The molecular formula is C17H17NO3. The number of carbonyl (C=O) groups excluding carboxylic acids is 1. The van der Waals surface area contributed by atoms with Gasteiger partial charge in [-0.15, -0.1) is 0 Å². The summed E-state index contributed by atoms with van der Waals surface area (Å²) >= 11 is 0. The number of benzene rings is 2. The minimum Gasteiger partial charge on any atom is -0.506 e. The molecule has 1 amide bonds. The first-order chi connectivity index (χ1) is 10.1. The second-order valence-corrected chi connectivity index (χ2v) is 4.62. The summed E-state index contributed by atoms with van der Waals surface area (Å²) in [6.45, 7) is 1.87. The topological polar surface area (TPSA) is 58.6 Å². The van der Waals surface area contributed by atoms with Crippen molar-refractivity contribution in [3.8, 4) is 11.5 Å². The molecule has 2 N–H and O–H groups in total.